The molecule has 0 saturated heterocycles. The number of allylic oxidation sites excluding steroid dienone is 2. The molecule has 8 heteroatoms. The summed E-state index contributed by atoms with van der Waals surface area (Å²) in [6.45, 7) is 0. The molecular formula is C10H6Cl8. The summed E-state index contributed by atoms with van der Waals surface area (Å²) in [6.07, 6.45) is 1.58. The third-order valence-corrected chi connectivity index (χ3v) is 9.63. The van der Waals surface area contributed by atoms with Crippen molar-refractivity contribution in [3.63, 3.8) is 0 Å². The van der Waals surface area contributed by atoms with E-state index >= 15 is 0 Å². The van der Waals surface area contributed by atoms with E-state index in [2.05, 4.69) is 0 Å². The van der Waals surface area contributed by atoms with Crippen LogP contribution in [0.2, 0.25) is 0 Å². The maximum atomic E-state index is 6.60. The molecule has 102 valence electrons. The second kappa shape index (κ2) is 4.07. The fourth-order valence-corrected chi connectivity index (χ4v) is 7.41. The maximum absolute atomic E-state index is 6.60. The van der Waals surface area contributed by atoms with Crippen LogP contribution in [-0.2, 0) is 0 Å². The summed E-state index contributed by atoms with van der Waals surface area (Å²) in [7, 11) is 0. The monoisotopic (exact) mass is 406 g/mol. The van der Waals surface area contributed by atoms with E-state index in [-0.39, 0.29) is 11.8 Å². The van der Waals surface area contributed by atoms with E-state index in [0.717, 1.165) is 0 Å². The van der Waals surface area contributed by atoms with E-state index in [9.17, 15) is 0 Å². The van der Waals surface area contributed by atoms with E-state index in [1.54, 1.807) is 6.08 Å². The van der Waals surface area contributed by atoms with Gasteiger partial charge in [-0.3, -0.25) is 0 Å². The quantitative estimate of drug-likeness (QED) is 0.474. The van der Waals surface area contributed by atoms with Crippen molar-refractivity contribution in [1.82, 2.24) is 0 Å². The molecule has 0 spiro atoms. The van der Waals surface area contributed by atoms with Crippen molar-refractivity contribution in [2.75, 3.05) is 0 Å². The van der Waals surface area contributed by atoms with Crippen LogP contribution in [0, 0.1) is 11.8 Å². The standard InChI is InChI=1S/C10H6Cl8/c11-2-1-8(15)3-4(6(13)7(14)5(3)12)9(2,16)10(8,17)18/h1,3-7H/t3-,4+,5+,6-,7+,8-,9+/m1/s1. The van der Waals surface area contributed by atoms with Gasteiger partial charge in [0.25, 0.3) is 0 Å². The van der Waals surface area contributed by atoms with E-state index in [4.69, 9.17) is 92.8 Å². The Balaban J connectivity index is 2.24. The second-order valence-corrected chi connectivity index (χ2v) is 9.40. The van der Waals surface area contributed by atoms with Gasteiger partial charge in [-0.25, -0.2) is 0 Å². The molecule has 0 radical (unpaired) electrons. The normalized spacial score (nSPS) is 60.9. The van der Waals surface area contributed by atoms with Crippen molar-refractivity contribution in [3.05, 3.63) is 11.1 Å². The van der Waals surface area contributed by atoms with Gasteiger partial charge in [-0.05, 0) is 6.08 Å². The topological polar surface area (TPSA) is 0 Å². The Morgan fingerprint density at radius 1 is 0.833 bits per heavy atom. The third-order valence-electron chi connectivity index (χ3n) is 4.25. The highest BCUT2D eigenvalue weighted by Gasteiger charge is 2.83. The van der Waals surface area contributed by atoms with Crippen molar-refractivity contribution < 1.29 is 0 Å². The van der Waals surface area contributed by atoms with Crippen LogP contribution >= 0.6 is 92.8 Å². The van der Waals surface area contributed by atoms with Crippen molar-refractivity contribution in [1.29, 1.82) is 0 Å². The first-order chi connectivity index (χ1) is 8.10. The molecule has 0 aliphatic heterocycles. The first-order valence-corrected chi connectivity index (χ1v) is 8.37. The summed E-state index contributed by atoms with van der Waals surface area (Å²) in [5, 5.41) is -1.10. The Morgan fingerprint density at radius 2 is 1.33 bits per heavy atom. The zero-order valence-corrected chi connectivity index (χ0v) is 14.5. The van der Waals surface area contributed by atoms with Crippen LogP contribution in [0.1, 0.15) is 0 Å². The Morgan fingerprint density at radius 3 is 1.89 bits per heavy atom. The van der Waals surface area contributed by atoms with Crippen LogP contribution < -0.4 is 0 Å². The second-order valence-electron chi connectivity index (χ2n) is 4.93. The molecular weight excluding hydrogens is 404 g/mol. The van der Waals surface area contributed by atoms with Gasteiger partial charge in [0.1, 0.15) is 9.75 Å². The van der Waals surface area contributed by atoms with E-state index in [1.165, 1.54) is 0 Å². The summed E-state index contributed by atoms with van der Waals surface area (Å²) in [4.78, 5) is -2.39. The lowest BCUT2D eigenvalue weighted by atomic mass is 9.84. The lowest BCUT2D eigenvalue weighted by molar-refractivity contribution is 0.392. The summed E-state index contributed by atoms with van der Waals surface area (Å²) in [5.74, 6) is -0.684. The molecule has 2 saturated carbocycles. The minimum atomic E-state index is -1.47. The molecule has 0 N–H and O–H groups in total. The zero-order valence-electron chi connectivity index (χ0n) is 8.49. The van der Waals surface area contributed by atoms with Gasteiger partial charge in [-0.2, -0.15) is 0 Å². The van der Waals surface area contributed by atoms with E-state index in [0.29, 0.717) is 5.03 Å². The molecule has 0 nitrogen and oxygen atoms in total. The molecule has 0 heterocycles. The highest BCUT2D eigenvalue weighted by atomic mass is 35.5. The minimum Gasteiger partial charge on any atom is -0.121 e. The molecule has 0 aromatic rings. The predicted molar refractivity (Wildman–Crippen MR) is 81.4 cm³/mol. The third kappa shape index (κ3) is 1.32. The maximum Gasteiger partial charge on any atom is 0.165 e. The highest BCUT2D eigenvalue weighted by molar-refractivity contribution is 6.63. The van der Waals surface area contributed by atoms with Crippen LogP contribution in [0.3, 0.4) is 0 Å². The Bertz CT molecular complexity index is 447. The van der Waals surface area contributed by atoms with Crippen molar-refractivity contribution >= 4 is 92.8 Å². The molecule has 3 rings (SSSR count). The number of halogens is 8. The Hall–Kier alpha value is 2.06. The molecule has 2 fully saturated rings. The fourth-order valence-electron chi connectivity index (χ4n) is 3.41. The smallest absolute Gasteiger partial charge is 0.121 e. The van der Waals surface area contributed by atoms with Crippen LogP contribution in [0.15, 0.2) is 11.1 Å². The van der Waals surface area contributed by atoms with Gasteiger partial charge in [-0.15, -0.1) is 58.0 Å². The number of hydrogen-bond acceptors (Lipinski definition) is 0. The van der Waals surface area contributed by atoms with Crippen molar-refractivity contribution in [2.24, 2.45) is 11.8 Å². The van der Waals surface area contributed by atoms with Crippen LogP contribution in [0.25, 0.3) is 0 Å². The summed E-state index contributed by atoms with van der Waals surface area (Å²) >= 11 is 51.0. The van der Waals surface area contributed by atoms with Gasteiger partial charge in [0, 0.05) is 16.9 Å². The van der Waals surface area contributed by atoms with Gasteiger partial charge in [0.2, 0.25) is 0 Å². The molecule has 2 bridgehead atoms. The lowest BCUT2D eigenvalue weighted by Crippen LogP contribution is -2.47. The molecule has 18 heavy (non-hydrogen) atoms. The number of fused-ring (bicyclic) bond motifs is 5. The Labute approximate surface area is 145 Å². The van der Waals surface area contributed by atoms with Gasteiger partial charge in [-0.1, -0.05) is 34.8 Å². The average Bonchev–Trinajstić information content (AvgIpc) is 2.63. The minimum absolute atomic E-state index is 0.311. The van der Waals surface area contributed by atoms with Crippen LogP contribution in [-0.4, -0.2) is 30.2 Å². The van der Waals surface area contributed by atoms with E-state index in [1.807, 2.05) is 0 Å². The van der Waals surface area contributed by atoms with Crippen LogP contribution in [0.5, 0.6) is 0 Å². The summed E-state index contributed by atoms with van der Waals surface area (Å²) in [5.41, 5.74) is 0. The fraction of sp³-hybridized carbons (Fsp3) is 0.800. The SMILES string of the molecule is ClC1=C[C@@]2(Cl)[C@H]3[C@H](Cl)[C@H](Cl)[C@H](Cl)[C@H]3[C@]1(Cl)C2(Cl)Cl. The number of alkyl halides is 7. The van der Waals surface area contributed by atoms with Crippen molar-refractivity contribution in [3.8, 4) is 0 Å². The molecule has 0 aromatic carbocycles. The van der Waals surface area contributed by atoms with Gasteiger partial charge in [0.15, 0.2) is 4.33 Å². The highest BCUT2D eigenvalue weighted by Crippen LogP contribution is 2.77. The summed E-state index contributed by atoms with van der Waals surface area (Å²) < 4.78 is -1.47. The first kappa shape index (κ1) is 15.0. The van der Waals surface area contributed by atoms with Crippen molar-refractivity contribution in [2.45, 2.75) is 30.2 Å². The predicted octanol–water partition coefficient (Wildman–Crippen LogP) is 5.33. The van der Waals surface area contributed by atoms with Gasteiger partial charge >= 0.3 is 0 Å². The molecule has 0 aromatic heterocycles. The average molecular weight is 410 g/mol. The van der Waals surface area contributed by atoms with Gasteiger partial charge in [0.05, 0.1) is 16.1 Å². The number of hydrogen-bond donors (Lipinski definition) is 0. The lowest BCUT2D eigenvalue weighted by Gasteiger charge is -2.35. The molecule has 0 unspecified atom stereocenters. The van der Waals surface area contributed by atoms with E-state index < -0.39 is 30.2 Å². The Kier molecular flexibility index (Phi) is 3.39. The summed E-state index contributed by atoms with van der Waals surface area (Å²) in [6, 6.07) is 0. The number of rotatable bonds is 0. The van der Waals surface area contributed by atoms with Gasteiger partial charge < -0.3 is 0 Å². The molecule has 3 aliphatic rings. The molecule has 0 amide bonds. The first-order valence-electron chi connectivity index (χ1n) is 5.17. The molecule has 3 aliphatic carbocycles. The zero-order chi connectivity index (χ0) is 13.7. The molecule has 7 atom stereocenters. The largest absolute Gasteiger partial charge is 0.165 e. The van der Waals surface area contributed by atoms with Crippen LogP contribution in [0.4, 0.5) is 0 Å².